The Morgan fingerprint density at radius 1 is 1.36 bits per heavy atom. The molecule has 2 heteroatoms. The molecular formula is C12H24ClN. The fourth-order valence-corrected chi connectivity index (χ4v) is 2.64. The summed E-state index contributed by atoms with van der Waals surface area (Å²) in [6.07, 6.45) is 8.09. The highest BCUT2D eigenvalue weighted by atomic mass is 35.5. The van der Waals surface area contributed by atoms with E-state index in [2.05, 4.69) is 11.8 Å². The van der Waals surface area contributed by atoms with Crippen molar-refractivity contribution < 1.29 is 0 Å². The van der Waals surface area contributed by atoms with Gasteiger partial charge < -0.3 is 4.90 Å². The Labute approximate surface area is 93.8 Å². The molecule has 1 atom stereocenters. The molecule has 84 valence electrons. The van der Waals surface area contributed by atoms with Crippen molar-refractivity contribution in [3.05, 3.63) is 0 Å². The van der Waals surface area contributed by atoms with Crippen LogP contribution in [0.2, 0.25) is 0 Å². The van der Waals surface area contributed by atoms with Gasteiger partial charge in [-0.05, 0) is 44.7 Å². The van der Waals surface area contributed by atoms with E-state index in [0.29, 0.717) is 0 Å². The highest BCUT2D eigenvalue weighted by Crippen LogP contribution is 2.20. The summed E-state index contributed by atoms with van der Waals surface area (Å²) in [6, 6.07) is 0. The minimum Gasteiger partial charge on any atom is -0.303 e. The maximum atomic E-state index is 5.79. The van der Waals surface area contributed by atoms with E-state index < -0.39 is 0 Å². The molecule has 1 aliphatic heterocycles. The molecule has 0 aromatic carbocycles. The summed E-state index contributed by atoms with van der Waals surface area (Å²) in [4.78, 5) is 2.64. The van der Waals surface area contributed by atoms with E-state index in [-0.39, 0.29) is 0 Å². The van der Waals surface area contributed by atoms with Crippen LogP contribution in [0.5, 0.6) is 0 Å². The van der Waals surface area contributed by atoms with Gasteiger partial charge in [-0.3, -0.25) is 0 Å². The van der Waals surface area contributed by atoms with Gasteiger partial charge >= 0.3 is 0 Å². The van der Waals surface area contributed by atoms with E-state index in [1.165, 1.54) is 58.2 Å². The van der Waals surface area contributed by atoms with Crippen molar-refractivity contribution in [3.63, 3.8) is 0 Å². The van der Waals surface area contributed by atoms with Gasteiger partial charge in [0.1, 0.15) is 0 Å². The van der Waals surface area contributed by atoms with E-state index in [9.17, 15) is 0 Å². The molecule has 1 nitrogen and oxygen atoms in total. The van der Waals surface area contributed by atoms with E-state index in [1.54, 1.807) is 0 Å². The van der Waals surface area contributed by atoms with E-state index in [0.717, 1.165) is 11.8 Å². The molecule has 1 heterocycles. The van der Waals surface area contributed by atoms with Gasteiger partial charge in [-0.2, -0.15) is 0 Å². The highest BCUT2D eigenvalue weighted by molar-refractivity contribution is 6.17. The first-order valence-electron chi connectivity index (χ1n) is 6.15. The minimum absolute atomic E-state index is 0.841. The van der Waals surface area contributed by atoms with Crippen molar-refractivity contribution in [2.45, 2.75) is 45.4 Å². The minimum atomic E-state index is 0.841. The summed E-state index contributed by atoms with van der Waals surface area (Å²) < 4.78 is 0. The Balaban J connectivity index is 2.12. The zero-order valence-corrected chi connectivity index (χ0v) is 10.2. The first-order valence-corrected chi connectivity index (χ1v) is 6.68. The van der Waals surface area contributed by atoms with Crippen molar-refractivity contribution in [1.82, 2.24) is 4.90 Å². The lowest BCUT2D eigenvalue weighted by molar-refractivity contribution is 0.169. The molecule has 0 saturated carbocycles. The summed E-state index contributed by atoms with van der Waals surface area (Å²) >= 11 is 5.79. The number of hydrogen-bond donors (Lipinski definition) is 0. The van der Waals surface area contributed by atoms with Crippen LogP contribution in [0.1, 0.15) is 45.4 Å². The predicted molar refractivity (Wildman–Crippen MR) is 64.0 cm³/mol. The predicted octanol–water partition coefficient (Wildman–Crippen LogP) is 3.52. The summed E-state index contributed by atoms with van der Waals surface area (Å²) in [7, 11) is 0. The molecule has 1 rings (SSSR count). The Morgan fingerprint density at radius 2 is 2.21 bits per heavy atom. The van der Waals surface area contributed by atoms with E-state index in [1.807, 2.05) is 0 Å². The molecule has 0 aromatic heterocycles. The quantitative estimate of drug-likeness (QED) is 0.486. The van der Waals surface area contributed by atoms with Crippen molar-refractivity contribution >= 4 is 11.6 Å². The molecule has 0 aliphatic carbocycles. The number of hydrogen-bond acceptors (Lipinski definition) is 1. The van der Waals surface area contributed by atoms with Gasteiger partial charge in [-0.1, -0.05) is 19.8 Å². The van der Waals surface area contributed by atoms with Crippen molar-refractivity contribution in [1.29, 1.82) is 0 Å². The normalized spacial score (nSPS) is 24.0. The third kappa shape index (κ3) is 4.65. The van der Waals surface area contributed by atoms with Gasteiger partial charge in [-0.15, -0.1) is 11.6 Å². The van der Waals surface area contributed by atoms with Crippen molar-refractivity contribution in [2.75, 3.05) is 25.5 Å². The molecule has 1 unspecified atom stereocenters. The Morgan fingerprint density at radius 3 is 2.93 bits per heavy atom. The zero-order chi connectivity index (χ0) is 10.2. The molecule has 14 heavy (non-hydrogen) atoms. The molecule has 0 aromatic rings. The van der Waals surface area contributed by atoms with Crippen LogP contribution in [-0.4, -0.2) is 30.4 Å². The number of unbranched alkanes of at least 4 members (excludes halogenated alkanes) is 2. The van der Waals surface area contributed by atoms with Crippen LogP contribution in [0.3, 0.4) is 0 Å². The number of halogens is 1. The van der Waals surface area contributed by atoms with Crippen LogP contribution < -0.4 is 0 Å². The van der Waals surface area contributed by atoms with E-state index >= 15 is 0 Å². The van der Waals surface area contributed by atoms with Gasteiger partial charge in [-0.25, -0.2) is 0 Å². The summed E-state index contributed by atoms with van der Waals surface area (Å²) in [5, 5.41) is 0. The molecule has 0 N–H and O–H groups in total. The van der Waals surface area contributed by atoms with E-state index in [4.69, 9.17) is 11.6 Å². The second-order valence-corrected chi connectivity index (χ2v) is 4.87. The van der Waals surface area contributed by atoms with Gasteiger partial charge in [0.15, 0.2) is 0 Å². The standard InChI is InChI=1S/C12H24ClN/c1-2-3-4-9-14-10-5-6-12(11-14)7-8-13/h12H,2-11H2,1H3. The van der Waals surface area contributed by atoms with Crippen LogP contribution >= 0.6 is 11.6 Å². The number of alkyl halides is 1. The SMILES string of the molecule is CCCCCN1CCCC(CCCl)C1. The average Bonchev–Trinajstić information content (AvgIpc) is 2.19. The van der Waals surface area contributed by atoms with Crippen molar-refractivity contribution in [3.8, 4) is 0 Å². The van der Waals surface area contributed by atoms with Gasteiger partial charge in [0.25, 0.3) is 0 Å². The largest absolute Gasteiger partial charge is 0.303 e. The van der Waals surface area contributed by atoms with Crippen LogP contribution in [0.25, 0.3) is 0 Å². The van der Waals surface area contributed by atoms with Gasteiger partial charge in [0.2, 0.25) is 0 Å². The Bertz CT molecular complexity index is 136. The Kier molecular flexibility index (Phi) is 6.63. The number of piperidine rings is 1. The summed E-state index contributed by atoms with van der Waals surface area (Å²) in [6.45, 7) is 6.21. The third-order valence-electron chi connectivity index (χ3n) is 3.20. The lowest BCUT2D eigenvalue weighted by Crippen LogP contribution is -2.36. The van der Waals surface area contributed by atoms with Gasteiger partial charge in [0.05, 0.1) is 0 Å². The first kappa shape index (κ1) is 12.3. The molecule has 1 saturated heterocycles. The first-order chi connectivity index (χ1) is 6.86. The number of likely N-dealkylation sites (tertiary alicyclic amines) is 1. The lowest BCUT2D eigenvalue weighted by Gasteiger charge is -2.32. The number of nitrogens with zero attached hydrogens (tertiary/aromatic N) is 1. The van der Waals surface area contributed by atoms with Crippen LogP contribution in [-0.2, 0) is 0 Å². The zero-order valence-electron chi connectivity index (χ0n) is 9.47. The highest BCUT2D eigenvalue weighted by Gasteiger charge is 2.18. The maximum Gasteiger partial charge on any atom is 0.0226 e. The van der Waals surface area contributed by atoms with Crippen LogP contribution in [0.4, 0.5) is 0 Å². The lowest BCUT2D eigenvalue weighted by atomic mass is 9.95. The fourth-order valence-electron chi connectivity index (χ4n) is 2.33. The molecule has 1 fully saturated rings. The number of rotatable bonds is 6. The molecule has 0 radical (unpaired) electrons. The van der Waals surface area contributed by atoms with Crippen LogP contribution in [0, 0.1) is 5.92 Å². The molecule has 0 amide bonds. The van der Waals surface area contributed by atoms with Gasteiger partial charge in [0, 0.05) is 12.4 Å². The molecule has 1 aliphatic rings. The molecule has 0 spiro atoms. The second kappa shape index (κ2) is 7.53. The third-order valence-corrected chi connectivity index (χ3v) is 3.42. The molecule has 0 bridgehead atoms. The average molecular weight is 218 g/mol. The monoisotopic (exact) mass is 217 g/mol. The molecular weight excluding hydrogens is 194 g/mol. The summed E-state index contributed by atoms with van der Waals surface area (Å²) in [5.74, 6) is 1.72. The fraction of sp³-hybridized carbons (Fsp3) is 1.00. The smallest absolute Gasteiger partial charge is 0.0226 e. The van der Waals surface area contributed by atoms with Crippen LogP contribution in [0.15, 0.2) is 0 Å². The second-order valence-electron chi connectivity index (χ2n) is 4.49. The Hall–Kier alpha value is 0.250. The van der Waals surface area contributed by atoms with Crippen molar-refractivity contribution in [2.24, 2.45) is 5.92 Å². The summed E-state index contributed by atoms with van der Waals surface area (Å²) in [5.41, 5.74) is 0. The topological polar surface area (TPSA) is 3.24 Å². The maximum absolute atomic E-state index is 5.79.